The summed E-state index contributed by atoms with van der Waals surface area (Å²) in [7, 11) is 1.81. The fourth-order valence-corrected chi connectivity index (χ4v) is 7.26. The molecular formula is C29H33ClN2O3. The van der Waals surface area contributed by atoms with Gasteiger partial charge in [-0.1, -0.05) is 18.9 Å². The zero-order valence-electron chi connectivity index (χ0n) is 20.4. The predicted octanol–water partition coefficient (Wildman–Crippen LogP) is 6.23. The summed E-state index contributed by atoms with van der Waals surface area (Å²) in [5.41, 5.74) is 8.11. The van der Waals surface area contributed by atoms with Gasteiger partial charge in [0.1, 0.15) is 5.75 Å². The molecule has 6 heteroatoms. The molecule has 0 radical (unpaired) electrons. The van der Waals surface area contributed by atoms with Crippen LogP contribution >= 0.6 is 11.6 Å². The Balaban J connectivity index is 1.41. The first kappa shape index (κ1) is 21.7. The van der Waals surface area contributed by atoms with E-state index in [1.807, 2.05) is 7.11 Å². The largest absolute Gasteiger partial charge is 0.495 e. The summed E-state index contributed by atoms with van der Waals surface area (Å²) in [6, 6.07) is 9.22. The van der Waals surface area contributed by atoms with Gasteiger partial charge in [0.2, 0.25) is 6.79 Å². The molecule has 5 nitrogen and oxygen atoms in total. The molecule has 4 heterocycles. The topological polar surface area (TPSA) is 34.2 Å². The fraction of sp³-hybridized carbons (Fsp3) is 0.517. The minimum Gasteiger partial charge on any atom is -0.495 e. The second kappa shape index (κ2) is 8.55. The first-order chi connectivity index (χ1) is 17.2. The Kier molecular flexibility index (Phi) is 5.31. The van der Waals surface area contributed by atoms with Crippen LogP contribution in [0.1, 0.15) is 66.8 Å². The van der Waals surface area contributed by atoms with Crippen molar-refractivity contribution in [1.29, 1.82) is 0 Å². The molecule has 5 aliphatic rings. The van der Waals surface area contributed by atoms with Crippen LogP contribution in [0.5, 0.6) is 17.2 Å². The van der Waals surface area contributed by atoms with Crippen molar-refractivity contribution in [1.82, 2.24) is 4.90 Å². The number of ether oxygens (including phenoxy) is 3. The molecule has 7 rings (SSSR count). The van der Waals surface area contributed by atoms with Crippen molar-refractivity contribution in [2.75, 3.05) is 38.4 Å². The van der Waals surface area contributed by atoms with E-state index < -0.39 is 0 Å². The van der Waals surface area contributed by atoms with E-state index in [0.717, 1.165) is 56.1 Å². The molecule has 1 unspecified atom stereocenters. The molecule has 0 bridgehead atoms. The van der Waals surface area contributed by atoms with Crippen molar-refractivity contribution in [3.8, 4) is 17.2 Å². The van der Waals surface area contributed by atoms with Gasteiger partial charge in [-0.3, -0.25) is 0 Å². The quantitative estimate of drug-likeness (QED) is 0.474. The van der Waals surface area contributed by atoms with Gasteiger partial charge in [0.25, 0.3) is 0 Å². The Labute approximate surface area is 212 Å². The fourth-order valence-electron chi connectivity index (χ4n) is 7.06. The summed E-state index contributed by atoms with van der Waals surface area (Å²) in [6.45, 7) is 3.32. The van der Waals surface area contributed by atoms with Crippen LogP contribution in [-0.4, -0.2) is 43.8 Å². The van der Waals surface area contributed by atoms with Gasteiger partial charge in [0, 0.05) is 41.8 Å². The van der Waals surface area contributed by atoms with Gasteiger partial charge in [-0.25, -0.2) is 0 Å². The van der Waals surface area contributed by atoms with E-state index in [0.29, 0.717) is 18.8 Å². The maximum atomic E-state index is 6.50. The van der Waals surface area contributed by atoms with Crippen molar-refractivity contribution < 1.29 is 14.2 Å². The third kappa shape index (κ3) is 3.49. The second-order valence-electron chi connectivity index (χ2n) is 10.6. The van der Waals surface area contributed by atoms with Crippen LogP contribution in [0.3, 0.4) is 0 Å². The van der Waals surface area contributed by atoms with E-state index in [2.05, 4.69) is 40.1 Å². The number of rotatable bonds is 3. The molecular weight excluding hydrogens is 460 g/mol. The summed E-state index contributed by atoms with van der Waals surface area (Å²) in [6.07, 6.45) is 10.7. The number of benzene rings is 2. The lowest BCUT2D eigenvalue weighted by Gasteiger charge is -2.47. The molecule has 4 aliphatic heterocycles. The van der Waals surface area contributed by atoms with Crippen molar-refractivity contribution in [3.63, 3.8) is 0 Å². The van der Waals surface area contributed by atoms with Crippen LogP contribution in [0.4, 0.5) is 5.69 Å². The average molecular weight is 493 g/mol. The van der Waals surface area contributed by atoms with Gasteiger partial charge in [0.15, 0.2) is 11.5 Å². The van der Waals surface area contributed by atoms with E-state index in [4.69, 9.17) is 25.8 Å². The van der Waals surface area contributed by atoms with Crippen LogP contribution in [0.15, 0.2) is 24.3 Å². The standard InChI is InChI=1S/C29H33ClN2O3/c1-33-24-7-6-20-14-23-22-16-26-25(34-17-35-26)15-19(22)8-13-32(23)28(18-4-2-3-5-18)27(20)29(24)31-11-9-21(30)10-12-31/h6-7,14-16,18,21,28H,2-5,8-13,17H2,1H3. The van der Waals surface area contributed by atoms with E-state index in [-0.39, 0.29) is 5.38 Å². The van der Waals surface area contributed by atoms with Gasteiger partial charge in [0.05, 0.1) is 18.8 Å². The normalized spacial score (nSPS) is 23.6. The van der Waals surface area contributed by atoms with Crippen LogP contribution < -0.4 is 19.1 Å². The van der Waals surface area contributed by atoms with Crippen molar-refractivity contribution in [2.45, 2.75) is 56.4 Å². The van der Waals surface area contributed by atoms with Crippen molar-refractivity contribution in [3.05, 3.63) is 46.5 Å². The number of piperidine rings is 1. The second-order valence-corrected chi connectivity index (χ2v) is 11.2. The number of alkyl halides is 1. The SMILES string of the molecule is COc1ccc2c(c1N1CCC(Cl)CC1)C(C1CCCC1)N1CCc3cc4c(cc3C1=C2)OCO4. The number of methoxy groups -OCH3 is 1. The molecule has 2 aromatic rings. The highest BCUT2D eigenvalue weighted by atomic mass is 35.5. The molecule has 0 N–H and O–H groups in total. The molecule has 1 saturated heterocycles. The zero-order chi connectivity index (χ0) is 23.5. The van der Waals surface area contributed by atoms with Crippen LogP contribution in [0.2, 0.25) is 0 Å². The van der Waals surface area contributed by atoms with Crippen LogP contribution in [0, 0.1) is 5.92 Å². The molecule has 184 valence electrons. The average Bonchev–Trinajstić information content (AvgIpc) is 3.58. The van der Waals surface area contributed by atoms with Gasteiger partial charge in [-0.15, -0.1) is 11.6 Å². The Morgan fingerprint density at radius 3 is 2.51 bits per heavy atom. The Hall–Kier alpha value is -2.53. The molecule has 35 heavy (non-hydrogen) atoms. The predicted molar refractivity (Wildman–Crippen MR) is 140 cm³/mol. The molecule has 0 amide bonds. The number of anilines is 1. The number of nitrogens with zero attached hydrogens (tertiary/aromatic N) is 2. The monoisotopic (exact) mass is 492 g/mol. The first-order valence-electron chi connectivity index (χ1n) is 13.2. The summed E-state index contributed by atoms with van der Waals surface area (Å²) >= 11 is 6.50. The van der Waals surface area contributed by atoms with Crippen LogP contribution in [0.25, 0.3) is 11.8 Å². The lowest BCUT2D eigenvalue weighted by Crippen LogP contribution is -2.41. The number of halogens is 1. The van der Waals surface area contributed by atoms with Gasteiger partial charge in [-0.2, -0.15) is 0 Å². The molecule has 0 aromatic heterocycles. The number of hydrogen-bond donors (Lipinski definition) is 0. The van der Waals surface area contributed by atoms with E-state index in [1.165, 1.54) is 59.3 Å². The first-order valence-corrected chi connectivity index (χ1v) is 13.7. The minimum atomic E-state index is 0.278. The molecule has 1 saturated carbocycles. The van der Waals surface area contributed by atoms with E-state index >= 15 is 0 Å². The highest BCUT2D eigenvalue weighted by molar-refractivity contribution is 6.20. The summed E-state index contributed by atoms with van der Waals surface area (Å²) in [5.74, 6) is 3.41. The van der Waals surface area contributed by atoms with Crippen molar-refractivity contribution in [2.24, 2.45) is 5.92 Å². The number of fused-ring (bicyclic) bond motifs is 5. The Morgan fingerprint density at radius 2 is 1.74 bits per heavy atom. The maximum absolute atomic E-state index is 6.50. The molecule has 1 aliphatic carbocycles. The molecule has 1 atom stereocenters. The lowest BCUT2D eigenvalue weighted by molar-refractivity contribution is 0.174. The van der Waals surface area contributed by atoms with Gasteiger partial charge < -0.3 is 24.0 Å². The highest BCUT2D eigenvalue weighted by Gasteiger charge is 2.42. The van der Waals surface area contributed by atoms with Gasteiger partial charge in [-0.05, 0) is 73.4 Å². The summed E-state index contributed by atoms with van der Waals surface area (Å²) in [4.78, 5) is 5.26. The maximum Gasteiger partial charge on any atom is 0.231 e. The smallest absolute Gasteiger partial charge is 0.231 e. The Bertz CT molecular complexity index is 1180. The number of hydrogen-bond acceptors (Lipinski definition) is 5. The molecule has 0 spiro atoms. The lowest BCUT2D eigenvalue weighted by atomic mass is 9.79. The Morgan fingerprint density at radius 1 is 0.971 bits per heavy atom. The summed E-state index contributed by atoms with van der Waals surface area (Å²) in [5, 5.41) is 0.278. The van der Waals surface area contributed by atoms with E-state index in [1.54, 1.807) is 0 Å². The van der Waals surface area contributed by atoms with Crippen molar-refractivity contribution >= 4 is 29.1 Å². The molecule has 2 fully saturated rings. The van der Waals surface area contributed by atoms with Gasteiger partial charge >= 0.3 is 0 Å². The summed E-state index contributed by atoms with van der Waals surface area (Å²) < 4.78 is 17.5. The zero-order valence-corrected chi connectivity index (χ0v) is 21.2. The third-order valence-corrected chi connectivity index (χ3v) is 9.19. The molecule has 2 aromatic carbocycles. The third-order valence-electron chi connectivity index (χ3n) is 8.75. The van der Waals surface area contributed by atoms with E-state index in [9.17, 15) is 0 Å². The highest BCUT2D eigenvalue weighted by Crippen LogP contribution is 2.54. The van der Waals surface area contributed by atoms with Crippen LogP contribution in [-0.2, 0) is 6.42 Å². The minimum absolute atomic E-state index is 0.278.